The molecule has 0 atom stereocenters. The Morgan fingerprint density at radius 1 is 0.375 bits per heavy atom. The van der Waals surface area contributed by atoms with Crippen LogP contribution in [0, 0.1) is 0 Å². The Kier molecular flexibility index (Phi) is 8.08. The molecule has 0 aliphatic heterocycles. The van der Waals surface area contributed by atoms with Crippen LogP contribution < -0.4 is 4.90 Å². The molecule has 268 valence electrons. The molecule has 1 aromatic heterocycles. The molecule has 9 aromatic carbocycles. The second-order valence-electron chi connectivity index (χ2n) is 15.8. The van der Waals surface area contributed by atoms with Crippen molar-refractivity contribution in [3.05, 3.63) is 200 Å². The van der Waals surface area contributed by atoms with E-state index < -0.39 is 0 Å². The Hall–Kier alpha value is -6.90. The van der Waals surface area contributed by atoms with Crippen LogP contribution in [0.5, 0.6) is 0 Å². The average Bonchev–Trinajstić information content (AvgIpc) is 3.63. The standard InChI is InChI=1S/C54H41NO/c1-54(2,3)50-20-11-19-49-48-18-10-17-47(52(48)56-53(49)50)39-28-32-45(33-29-39)55(44-30-26-38(27-31-44)42-24-22-36-12-4-6-14-40(36)34-42)51-21-9-8-16-46(51)43-25-23-37-13-5-7-15-41(37)35-43/h4-35H,1-3H3. The van der Waals surface area contributed by atoms with Crippen molar-refractivity contribution in [1.29, 1.82) is 0 Å². The van der Waals surface area contributed by atoms with Gasteiger partial charge in [-0.3, -0.25) is 0 Å². The molecule has 0 saturated heterocycles. The predicted octanol–water partition coefficient (Wildman–Crippen LogP) is 15.7. The number of benzene rings is 9. The molecule has 0 amide bonds. The fourth-order valence-electron chi connectivity index (χ4n) is 8.30. The van der Waals surface area contributed by atoms with Gasteiger partial charge in [-0.2, -0.15) is 0 Å². The summed E-state index contributed by atoms with van der Waals surface area (Å²) in [6, 6.07) is 70.3. The van der Waals surface area contributed by atoms with Crippen LogP contribution in [-0.2, 0) is 5.41 Å². The van der Waals surface area contributed by atoms with E-state index in [4.69, 9.17) is 4.42 Å². The lowest BCUT2D eigenvalue weighted by atomic mass is 9.86. The minimum absolute atomic E-state index is 0.0323. The minimum Gasteiger partial charge on any atom is -0.455 e. The minimum atomic E-state index is -0.0323. The Balaban J connectivity index is 1.10. The summed E-state index contributed by atoms with van der Waals surface area (Å²) in [6.45, 7) is 6.74. The molecule has 0 bridgehead atoms. The first-order valence-electron chi connectivity index (χ1n) is 19.4. The summed E-state index contributed by atoms with van der Waals surface area (Å²) in [5.74, 6) is 0. The van der Waals surface area contributed by atoms with Crippen molar-refractivity contribution in [3.8, 4) is 33.4 Å². The van der Waals surface area contributed by atoms with E-state index in [-0.39, 0.29) is 5.41 Å². The summed E-state index contributed by atoms with van der Waals surface area (Å²) < 4.78 is 6.77. The molecular formula is C54H41NO. The highest BCUT2D eigenvalue weighted by Gasteiger charge is 2.22. The largest absolute Gasteiger partial charge is 0.455 e. The van der Waals surface area contributed by atoms with Crippen LogP contribution >= 0.6 is 0 Å². The Morgan fingerprint density at radius 2 is 0.875 bits per heavy atom. The molecule has 0 aliphatic carbocycles. The molecular weight excluding hydrogens is 679 g/mol. The van der Waals surface area contributed by atoms with Crippen molar-refractivity contribution in [3.63, 3.8) is 0 Å². The maximum atomic E-state index is 6.77. The highest BCUT2D eigenvalue weighted by molar-refractivity contribution is 6.10. The number of rotatable bonds is 6. The molecule has 2 nitrogen and oxygen atoms in total. The highest BCUT2D eigenvalue weighted by atomic mass is 16.3. The topological polar surface area (TPSA) is 16.4 Å². The van der Waals surface area contributed by atoms with E-state index >= 15 is 0 Å². The second-order valence-corrected chi connectivity index (χ2v) is 15.8. The molecule has 0 fully saturated rings. The van der Waals surface area contributed by atoms with Crippen molar-refractivity contribution < 1.29 is 4.42 Å². The molecule has 10 aromatic rings. The molecule has 0 radical (unpaired) electrons. The third-order valence-electron chi connectivity index (χ3n) is 11.2. The van der Waals surface area contributed by atoms with Gasteiger partial charge in [0.25, 0.3) is 0 Å². The zero-order valence-electron chi connectivity index (χ0n) is 31.8. The Morgan fingerprint density at radius 3 is 1.54 bits per heavy atom. The molecule has 0 N–H and O–H groups in total. The number of para-hydroxylation sites is 3. The fraction of sp³-hybridized carbons (Fsp3) is 0.0741. The van der Waals surface area contributed by atoms with Gasteiger partial charge in [0, 0.05) is 38.8 Å². The summed E-state index contributed by atoms with van der Waals surface area (Å²) in [4.78, 5) is 2.38. The van der Waals surface area contributed by atoms with Crippen molar-refractivity contribution in [2.75, 3.05) is 4.90 Å². The van der Waals surface area contributed by atoms with E-state index in [1.54, 1.807) is 0 Å². The smallest absolute Gasteiger partial charge is 0.143 e. The van der Waals surface area contributed by atoms with Crippen LogP contribution in [-0.4, -0.2) is 0 Å². The van der Waals surface area contributed by atoms with Crippen LogP contribution in [0.25, 0.3) is 76.9 Å². The summed E-state index contributed by atoms with van der Waals surface area (Å²) in [5, 5.41) is 7.26. The first kappa shape index (κ1) is 33.7. The third-order valence-corrected chi connectivity index (χ3v) is 11.2. The number of hydrogen-bond acceptors (Lipinski definition) is 2. The van der Waals surface area contributed by atoms with Gasteiger partial charge < -0.3 is 9.32 Å². The van der Waals surface area contributed by atoms with Gasteiger partial charge in [-0.15, -0.1) is 0 Å². The van der Waals surface area contributed by atoms with Gasteiger partial charge in [0.15, 0.2) is 0 Å². The van der Waals surface area contributed by atoms with E-state index in [0.29, 0.717) is 0 Å². The zero-order chi connectivity index (χ0) is 37.8. The Labute approximate surface area is 327 Å². The Bertz CT molecular complexity index is 3050. The van der Waals surface area contributed by atoms with Crippen molar-refractivity contribution in [1.82, 2.24) is 0 Å². The van der Waals surface area contributed by atoms with E-state index in [2.05, 4.69) is 220 Å². The van der Waals surface area contributed by atoms with E-state index in [1.807, 2.05) is 0 Å². The van der Waals surface area contributed by atoms with Crippen molar-refractivity contribution in [2.45, 2.75) is 26.2 Å². The van der Waals surface area contributed by atoms with Gasteiger partial charge in [-0.1, -0.05) is 172 Å². The van der Waals surface area contributed by atoms with Crippen molar-refractivity contribution in [2.24, 2.45) is 0 Å². The number of nitrogens with zero attached hydrogens (tertiary/aromatic N) is 1. The molecule has 2 heteroatoms. The highest BCUT2D eigenvalue weighted by Crippen LogP contribution is 2.44. The van der Waals surface area contributed by atoms with Crippen LogP contribution in [0.15, 0.2) is 199 Å². The van der Waals surface area contributed by atoms with Gasteiger partial charge in [0.1, 0.15) is 11.2 Å². The molecule has 1 heterocycles. The van der Waals surface area contributed by atoms with E-state index in [1.165, 1.54) is 49.4 Å². The van der Waals surface area contributed by atoms with Gasteiger partial charge in [-0.25, -0.2) is 0 Å². The number of fused-ring (bicyclic) bond motifs is 5. The van der Waals surface area contributed by atoms with Crippen LogP contribution in [0.2, 0.25) is 0 Å². The van der Waals surface area contributed by atoms with Crippen LogP contribution in [0.4, 0.5) is 17.1 Å². The summed E-state index contributed by atoms with van der Waals surface area (Å²) in [6.07, 6.45) is 0. The lowest BCUT2D eigenvalue weighted by Crippen LogP contribution is -2.11. The lowest BCUT2D eigenvalue weighted by Gasteiger charge is -2.28. The van der Waals surface area contributed by atoms with Gasteiger partial charge >= 0.3 is 0 Å². The third kappa shape index (κ3) is 5.91. The number of anilines is 3. The van der Waals surface area contributed by atoms with Gasteiger partial charge in [0.05, 0.1) is 5.69 Å². The predicted molar refractivity (Wildman–Crippen MR) is 238 cm³/mol. The molecule has 56 heavy (non-hydrogen) atoms. The maximum absolute atomic E-state index is 6.77. The fourth-order valence-corrected chi connectivity index (χ4v) is 8.30. The summed E-state index contributed by atoms with van der Waals surface area (Å²) >= 11 is 0. The molecule has 0 unspecified atom stereocenters. The van der Waals surface area contributed by atoms with E-state index in [9.17, 15) is 0 Å². The van der Waals surface area contributed by atoms with Crippen LogP contribution in [0.3, 0.4) is 0 Å². The molecule has 0 aliphatic rings. The molecule has 0 spiro atoms. The normalized spacial score (nSPS) is 11.8. The lowest BCUT2D eigenvalue weighted by molar-refractivity contribution is 0.573. The summed E-state index contributed by atoms with van der Waals surface area (Å²) in [5.41, 5.74) is 13.3. The van der Waals surface area contributed by atoms with Crippen LogP contribution in [0.1, 0.15) is 26.3 Å². The second kappa shape index (κ2) is 13.4. The quantitative estimate of drug-likeness (QED) is 0.170. The first-order valence-corrected chi connectivity index (χ1v) is 19.4. The van der Waals surface area contributed by atoms with Crippen molar-refractivity contribution >= 4 is 60.5 Å². The average molecular weight is 720 g/mol. The van der Waals surface area contributed by atoms with E-state index in [0.717, 1.165) is 50.1 Å². The SMILES string of the molecule is CC(C)(C)c1cccc2c1oc1c(-c3ccc(N(c4ccc(-c5ccc6ccccc6c5)cc4)c4ccccc4-c4ccc5ccccc5c4)cc3)cccc12. The maximum Gasteiger partial charge on any atom is 0.143 e. The summed E-state index contributed by atoms with van der Waals surface area (Å²) in [7, 11) is 0. The number of furan rings is 1. The first-order chi connectivity index (χ1) is 27.4. The molecule has 10 rings (SSSR count). The monoisotopic (exact) mass is 719 g/mol. The molecule has 0 saturated carbocycles. The van der Waals surface area contributed by atoms with Gasteiger partial charge in [0.2, 0.25) is 0 Å². The number of hydrogen-bond donors (Lipinski definition) is 0. The van der Waals surface area contributed by atoms with Gasteiger partial charge in [-0.05, 0) is 91.7 Å². The zero-order valence-corrected chi connectivity index (χ0v) is 31.8.